The average molecular weight is 343 g/mol. The Labute approximate surface area is 130 Å². The molecule has 17 heavy (non-hydrogen) atoms. The molecule has 0 aliphatic heterocycles. The smallest absolute Gasteiger partial charge is 0.0969 e. The van der Waals surface area contributed by atoms with Crippen LogP contribution in [0.5, 0.6) is 0 Å². The molecule has 0 bridgehead atoms. The van der Waals surface area contributed by atoms with Crippen molar-refractivity contribution in [2.75, 3.05) is 0 Å². The lowest BCUT2D eigenvalue weighted by atomic mass is 10.1. The summed E-state index contributed by atoms with van der Waals surface area (Å²) in [5.74, 6) is 0. The summed E-state index contributed by atoms with van der Waals surface area (Å²) in [7, 11) is 0. The lowest BCUT2D eigenvalue weighted by molar-refractivity contribution is 0.549. The van der Waals surface area contributed by atoms with Crippen molar-refractivity contribution in [2.45, 2.75) is 72.8 Å². The van der Waals surface area contributed by atoms with E-state index < -0.39 is 8.13 Å². The van der Waals surface area contributed by atoms with E-state index in [1.165, 1.54) is 38.5 Å². The van der Waals surface area contributed by atoms with E-state index in [2.05, 4.69) is 6.92 Å². The second-order valence-electron chi connectivity index (χ2n) is 4.43. The molecule has 0 aliphatic carbocycles. The summed E-state index contributed by atoms with van der Waals surface area (Å²) in [6, 6.07) is 0. The van der Waals surface area contributed by atoms with Gasteiger partial charge in [0.05, 0.1) is 0 Å². The van der Waals surface area contributed by atoms with Crippen LogP contribution in [-0.4, -0.2) is 8.13 Å². The van der Waals surface area contributed by atoms with Gasteiger partial charge in [0.1, 0.15) is 0 Å². The first-order chi connectivity index (χ1) is 7.81. The van der Waals surface area contributed by atoms with Crippen molar-refractivity contribution in [3.05, 3.63) is 0 Å². The number of hydrogen-bond acceptors (Lipinski definition) is 0. The van der Waals surface area contributed by atoms with Crippen LogP contribution in [0.4, 0.5) is 0 Å². The maximum absolute atomic E-state index is 5.96. The molecule has 0 saturated heterocycles. The zero-order valence-electron chi connectivity index (χ0n) is 10.3. The summed E-state index contributed by atoms with van der Waals surface area (Å²) < 4.78 is -2.89. The van der Waals surface area contributed by atoms with Gasteiger partial charge < -0.3 is 0 Å². The molecule has 5 heteroatoms. The minimum atomic E-state index is -1.61. The van der Waals surface area contributed by atoms with Crippen molar-refractivity contribution >= 4 is 58.0 Å². The third-order valence-electron chi connectivity index (χ3n) is 2.76. The summed E-state index contributed by atoms with van der Waals surface area (Å²) in [5.41, 5.74) is 0. The van der Waals surface area contributed by atoms with Crippen LogP contribution in [0.15, 0.2) is 0 Å². The number of alkyl halides is 5. The second-order valence-corrected chi connectivity index (χ2v) is 8.19. The predicted octanol–water partition coefficient (Wildman–Crippen LogP) is 7.06. The Bertz CT molecular complexity index is 186. The van der Waals surface area contributed by atoms with Crippen LogP contribution in [-0.2, 0) is 0 Å². The molecule has 0 rings (SSSR count). The van der Waals surface area contributed by atoms with E-state index >= 15 is 0 Å². The van der Waals surface area contributed by atoms with Crippen LogP contribution >= 0.6 is 58.0 Å². The van der Waals surface area contributed by atoms with E-state index in [9.17, 15) is 0 Å². The highest BCUT2D eigenvalue weighted by molar-refractivity contribution is 6.75. The molecule has 104 valence electrons. The Morgan fingerprint density at radius 1 is 0.647 bits per heavy atom. The molecule has 0 unspecified atom stereocenters. The Hall–Kier alpha value is 1.45. The van der Waals surface area contributed by atoms with Gasteiger partial charge in [-0.1, -0.05) is 116 Å². The second kappa shape index (κ2) is 9.37. The fraction of sp³-hybridized carbons (Fsp3) is 1.00. The zero-order chi connectivity index (χ0) is 13.4. The summed E-state index contributed by atoms with van der Waals surface area (Å²) in [6.07, 6.45) is 10.2. The van der Waals surface area contributed by atoms with E-state index in [0.29, 0.717) is 6.42 Å². The SMILES string of the molecule is CCCCCCCCCCC(Cl)(Cl)C(Cl)(Cl)Cl. The minimum Gasteiger partial charge on any atom is -0.0969 e. The molecule has 0 heterocycles. The molecule has 0 nitrogen and oxygen atoms in total. The van der Waals surface area contributed by atoms with Crippen LogP contribution in [0.1, 0.15) is 64.7 Å². The molecule has 0 spiro atoms. The molecule has 0 N–H and O–H groups in total. The molecular weight excluding hydrogens is 321 g/mol. The van der Waals surface area contributed by atoms with Gasteiger partial charge in [-0.3, -0.25) is 0 Å². The third kappa shape index (κ3) is 9.05. The van der Waals surface area contributed by atoms with Gasteiger partial charge in [-0.25, -0.2) is 0 Å². The highest BCUT2D eigenvalue weighted by atomic mass is 35.6. The molecule has 0 aromatic heterocycles. The molecular formula is C12H21Cl5. The maximum atomic E-state index is 5.96. The third-order valence-corrected chi connectivity index (χ3v) is 5.25. The Kier molecular flexibility index (Phi) is 10.2. The number of rotatable bonds is 9. The summed E-state index contributed by atoms with van der Waals surface area (Å²) in [4.78, 5) is 0. The zero-order valence-corrected chi connectivity index (χ0v) is 14.0. The molecule has 0 amide bonds. The lowest BCUT2D eigenvalue weighted by Crippen LogP contribution is -2.30. The first kappa shape index (κ1) is 18.4. The lowest BCUT2D eigenvalue weighted by Gasteiger charge is -2.27. The van der Waals surface area contributed by atoms with Gasteiger partial charge >= 0.3 is 0 Å². The predicted molar refractivity (Wildman–Crippen MR) is 82.0 cm³/mol. The molecule has 0 aromatic carbocycles. The quantitative estimate of drug-likeness (QED) is 0.311. The number of unbranched alkanes of at least 4 members (excludes halogenated alkanes) is 7. The molecule has 0 saturated carbocycles. The highest BCUT2D eigenvalue weighted by Gasteiger charge is 2.44. The number of halogens is 5. The normalized spacial score (nSPS) is 13.1. The molecule has 0 fully saturated rings. The first-order valence-corrected chi connectivity index (χ1v) is 8.15. The highest BCUT2D eigenvalue weighted by Crippen LogP contribution is 2.48. The monoisotopic (exact) mass is 340 g/mol. The number of hydrogen-bond donors (Lipinski definition) is 0. The summed E-state index contributed by atoms with van der Waals surface area (Å²) in [6.45, 7) is 2.22. The summed E-state index contributed by atoms with van der Waals surface area (Å²) >= 11 is 29.0. The molecule has 0 radical (unpaired) electrons. The van der Waals surface area contributed by atoms with Gasteiger partial charge in [-0.2, -0.15) is 0 Å². The molecule has 0 atom stereocenters. The van der Waals surface area contributed by atoms with Gasteiger partial charge in [0, 0.05) is 0 Å². The Balaban J connectivity index is 3.46. The fourth-order valence-corrected chi connectivity index (χ4v) is 2.17. The van der Waals surface area contributed by atoms with Crippen LogP contribution in [0.3, 0.4) is 0 Å². The van der Waals surface area contributed by atoms with Crippen LogP contribution in [0.2, 0.25) is 0 Å². The minimum absolute atomic E-state index is 0.515. The van der Waals surface area contributed by atoms with Crippen LogP contribution in [0.25, 0.3) is 0 Å². The van der Waals surface area contributed by atoms with Gasteiger partial charge in [-0.05, 0) is 6.42 Å². The van der Waals surface area contributed by atoms with Crippen molar-refractivity contribution in [3.8, 4) is 0 Å². The van der Waals surface area contributed by atoms with Gasteiger partial charge in [0.2, 0.25) is 3.79 Å². The van der Waals surface area contributed by atoms with E-state index in [1.807, 2.05) is 0 Å². The van der Waals surface area contributed by atoms with E-state index in [0.717, 1.165) is 12.8 Å². The van der Waals surface area contributed by atoms with Crippen LogP contribution < -0.4 is 0 Å². The van der Waals surface area contributed by atoms with Gasteiger partial charge in [-0.15, -0.1) is 0 Å². The molecule has 0 aromatic rings. The van der Waals surface area contributed by atoms with Crippen LogP contribution in [0, 0.1) is 0 Å². The first-order valence-electron chi connectivity index (χ1n) is 6.26. The Morgan fingerprint density at radius 3 is 1.47 bits per heavy atom. The summed E-state index contributed by atoms with van der Waals surface area (Å²) in [5, 5.41) is 0. The van der Waals surface area contributed by atoms with Crippen molar-refractivity contribution in [1.29, 1.82) is 0 Å². The van der Waals surface area contributed by atoms with Gasteiger partial charge in [0.15, 0.2) is 4.33 Å². The van der Waals surface area contributed by atoms with Crippen molar-refractivity contribution in [2.24, 2.45) is 0 Å². The van der Waals surface area contributed by atoms with Gasteiger partial charge in [0.25, 0.3) is 0 Å². The van der Waals surface area contributed by atoms with E-state index in [4.69, 9.17) is 58.0 Å². The molecule has 0 aliphatic rings. The maximum Gasteiger partial charge on any atom is 0.223 e. The van der Waals surface area contributed by atoms with Crippen molar-refractivity contribution in [3.63, 3.8) is 0 Å². The van der Waals surface area contributed by atoms with E-state index in [-0.39, 0.29) is 0 Å². The van der Waals surface area contributed by atoms with Crippen molar-refractivity contribution < 1.29 is 0 Å². The Morgan fingerprint density at radius 2 is 1.06 bits per heavy atom. The fourth-order valence-electron chi connectivity index (χ4n) is 1.62. The topological polar surface area (TPSA) is 0 Å². The average Bonchev–Trinajstić information content (AvgIpc) is 2.20. The van der Waals surface area contributed by atoms with E-state index in [1.54, 1.807) is 0 Å². The standard InChI is InChI=1S/C12H21Cl5/c1-2-3-4-5-6-7-8-9-10-11(13,14)12(15,16)17/h2-10H2,1H3. The largest absolute Gasteiger partial charge is 0.223 e. The van der Waals surface area contributed by atoms with Crippen molar-refractivity contribution in [1.82, 2.24) is 0 Å².